The molecule has 0 aromatic rings. The Morgan fingerprint density at radius 2 is 1.51 bits per heavy atom. The fourth-order valence-corrected chi connectivity index (χ4v) is 5.85. The Kier molecular flexibility index (Phi) is 15.1. The number of rotatable bonds is 17. The van der Waals surface area contributed by atoms with Crippen LogP contribution < -0.4 is 10.6 Å². The quantitative estimate of drug-likeness (QED) is 0.152. The van der Waals surface area contributed by atoms with Gasteiger partial charge in [-0.1, -0.05) is 86.0 Å². The molecule has 2 atom stereocenters. The summed E-state index contributed by atoms with van der Waals surface area (Å²) in [7, 11) is 0. The summed E-state index contributed by atoms with van der Waals surface area (Å²) in [6.07, 6.45) is 13.6. The Morgan fingerprint density at radius 3 is 2.12 bits per heavy atom. The third-order valence-corrected chi connectivity index (χ3v) is 8.60. The Labute approximate surface area is 249 Å². The van der Waals surface area contributed by atoms with Gasteiger partial charge in [0.15, 0.2) is 5.79 Å². The molecule has 0 spiro atoms. The van der Waals surface area contributed by atoms with Crippen LogP contribution in [0, 0.1) is 17.3 Å². The third kappa shape index (κ3) is 13.0. The summed E-state index contributed by atoms with van der Waals surface area (Å²) >= 11 is 0. The van der Waals surface area contributed by atoms with E-state index in [-0.39, 0.29) is 48.8 Å². The predicted octanol–water partition coefficient (Wildman–Crippen LogP) is 6.44. The molecule has 0 bridgehead atoms. The van der Waals surface area contributed by atoms with Gasteiger partial charge in [0.1, 0.15) is 12.2 Å². The highest BCUT2D eigenvalue weighted by Gasteiger charge is 2.45. The number of nitrogens with one attached hydrogen (secondary N) is 2. The molecular weight excluding hydrogens is 520 g/mol. The van der Waals surface area contributed by atoms with Crippen LogP contribution in [0.1, 0.15) is 138 Å². The van der Waals surface area contributed by atoms with Crippen molar-refractivity contribution in [2.75, 3.05) is 13.2 Å². The van der Waals surface area contributed by atoms with Crippen LogP contribution in [0.5, 0.6) is 0 Å². The van der Waals surface area contributed by atoms with E-state index in [4.69, 9.17) is 14.2 Å². The summed E-state index contributed by atoms with van der Waals surface area (Å²) in [6, 6.07) is 0.142. The first kappa shape index (κ1) is 35.5. The number of carbonyl (C=O) groups is 3. The molecule has 8 nitrogen and oxygen atoms in total. The van der Waals surface area contributed by atoms with Crippen molar-refractivity contribution in [1.82, 2.24) is 10.6 Å². The third-order valence-electron chi connectivity index (χ3n) is 8.60. The minimum Gasteiger partial charge on any atom is -0.462 e. The Bertz CT molecular complexity index is 804. The molecule has 41 heavy (non-hydrogen) atoms. The standard InChI is InChI=1S/C33H60N2O6/c1-8-9-10-11-12-13-14-15-16-27(24(2)3)30(37)35-25-17-19-26(20-18-25)40-28(36)21-22-34-31(38)29-32(4,5)23-39-33(6,7)41-29/h24-27,29H,8-23H2,1-7H3,(H,34,38)(H,35,37). The number of unbranched alkanes of at least 4 members (excludes halogenated alkanes) is 7. The molecule has 1 aliphatic heterocycles. The minimum absolute atomic E-state index is 0.0593. The zero-order valence-electron chi connectivity index (χ0n) is 27.1. The topological polar surface area (TPSA) is 103 Å². The number of ether oxygens (including phenoxy) is 3. The Hall–Kier alpha value is -1.67. The second kappa shape index (κ2) is 17.4. The number of esters is 1. The van der Waals surface area contributed by atoms with Crippen LogP contribution >= 0.6 is 0 Å². The van der Waals surface area contributed by atoms with Crippen LogP contribution in [0.2, 0.25) is 0 Å². The predicted molar refractivity (Wildman–Crippen MR) is 162 cm³/mol. The van der Waals surface area contributed by atoms with Crippen molar-refractivity contribution < 1.29 is 28.6 Å². The van der Waals surface area contributed by atoms with Gasteiger partial charge >= 0.3 is 5.97 Å². The lowest BCUT2D eigenvalue weighted by Gasteiger charge is -2.44. The molecule has 1 saturated heterocycles. The molecule has 2 N–H and O–H groups in total. The molecule has 238 valence electrons. The monoisotopic (exact) mass is 580 g/mol. The van der Waals surface area contributed by atoms with Crippen LogP contribution in [0.15, 0.2) is 0 Å². The molecule has 1 saturated carbocycles. The van der Waals surface area contributed by atoms with E-state index in [1.807, 2.05) is 13.8 Å². The van der Waals surface area contributed by atoms with E-state index in [0.29, 0.717) is 12.5 Å². The van der Waals surface area contributed by atoms with E-state index >= 15 is 0 Å². The normalized spacial score (nSPS) is 24.4. The lowest BCUT2D eigenvalue weighted by Crippen LogP contribution is -2.56. The summed E-state index contributed by atoms with van der Waals surface area (Å²) in [5, 5.41) is 6.12. The van der Waals surface area contributed by atoms with Gasteiger partial charge < -0.3 is 24.8 Å². The maximum Gasteiger partial charge on any atom is 0.307 e. The molecule has 8 heteroatoms. The average Bonchev–Trinajstić information content (AvgIpc) is 2.90. The molecule has 2 amide bonds. The van der Waals surface area contributed by atoms with Gasteiger partial charge in [-0.05, 0) is 51.9 Å². The van der Waals surface area contributed by atoms with Crippen LogP contribution in [0.25, 0.3) is 0 Å². The lowest BCUT2D eigenvalue weighted by molar-refractivity contribution is -0.304. The van der Waals surface area contributed by atoms with E-state index in [1.165, 1.54) is 44.9 Å². The molecule has 1 heterocycles. The number of carbonyl (C=O) groups excluding carboxylic acids is 3. The van der Waals surface area contributed by atoms with Crippen LogP contribution in [-0.2, 0) is 28.6 Å². The van der Waals surface area contributed by atoms with Crippen LogP contribution in [0.3, 0.4) is 0 Å². The molecule has 2 rings (SSSR count). The van der Waals surface area contributed by atoms with Gasteiger partial charge in [-0.25, -0.2) is 0 Å². The molecule has 2 unspecified atom stereocenters. The molecule has 0 radical (unpaired) electrons. The first-order valence-electron chi connectivity index (χ1n) is 16.4. The smallest absolute Gasteiger partial charge is 0.307 e. The summed E-state index contributed by atoms with van der Waals surface area (Å²) in [5.74, 6) is -0.804. The highest BCUT2D eigenvalue weighted by molar-refractivity contribution is 5.82. The van der Waals surface area contributed by atoms with Crippen molar-refractivity contribution in [2.45, 2.75) is 162 Å². The van der Waals surface area contributed by atoms with Crippen molar-refractivity contribution in [3.8, 4) is 0 Å². The van der Waals surface area contributed by atoms with Crippen molar-refractivity contribution in [1.29, 1.82) is 0 Å². The first-order valence-corrected chi connectivity index (χ1v) is 16.4. The largest absolute Gasteiger partial charge is 0.462 e. The van der Waals surface area contributed by atoms with Crippen molar-refractivity contribution in [3.05, 3.63) is 0 Å². The van der Waals surface area contributed by atoms with Gasteiger partial charge in [0.2, 0.25) is 11.8 Å². The molecule has 2 fully saturated rings. The summed E-state index contributed by atoms with van der Waals surface area (Å²) < 4.78 is 17.2. The van der Waals surface area contributed by atoms with Crippen LogP contribution in [-0.4, -0.2) is 55.0 Å². The van der Waals surface area contributed by atoms with Gasteiger partial charge in [0, 0.05) is 23.9 Å². The number of hydrogen-bond donors (Lipinski definition) is 2. The van der Waals surface area contributed by atoms with E-state index in [0.717, 1.165) is 38.5 Å². The van der Waals surface area contributed by atoms with Gasteiger partial charge in [-0.15, -0.1) is 0 Å². The molecule has 1 aliphatic carbocycles. The maximum atomic E-state index is 13.1. The molecule has 2 aliphatic rings. The summed E-state index contributed by atoms with van der Waals surface area (Å²) in [5.41, 5.74) is -0.461. The summed E-state index contributed by atoms with van der Waals surface area (Å²) in [6.45, 7) is 14.6. The molecule has 0 aromatic carbocycles. The number of amides is 2. The van der Waals surface area contributed by atoms with E-state index in [9.17, 15) is 14.4 Å². The zero-order valence-corrected chi connectivity index (χ0v) is 27.1. The second-order valence-electron chi connectivity index (χ2n) is 13.8. The van der Waals surface area contributed by atoms with E-state index in [1.54, 1.807) is 13.8 Å². The maximum absolute atomic E-state index is 13.1. The second-order valence-corrected chi connectivity index (χ2v) is 13.8. The average molecular weight is 581 g/mol. The van der Waals surface area contributed by atoms with Gasteiger partial charge in [0.05, 0.1) is 13.0 Å². The first-order chi connectivity index (χ1) is 19.3. The number of hydrogen-bond acceptors (Lipinski definition) is 6. The highest BCUT2D eigenvalue weighted by atomic mass is 16.7. The minimum atomic E-state index is -0.822. The Balaban J connectivity index is 1.63. The Morgan fingerprint density at radius 1 is 0.902 bits per heavy atom. The molecule has 0 aromatic heterocycles. The zero-order chi connectivity index (χ0) is 30.5. The van der Waals surface area contributed by atoms with Crippen molar-refractivity contribution >= 4 is 17.8 Å². The van der Waals surface area contributed by atoms with Gasteiger partial charge in [0.25, 0.3) is 0 Å². The van der Waals surface area contributed by atoms with E-state index < -0.39 is 17.3 Å². The lowest BCUT2D eigenvalue weighted by atomic mass is 9.85. The highest BCUT2D eigenvalue weighted by Crippen LogP contribution is 2.35. The molecular formula is C33H60N2O6. The fraction of sp³-hybridized carbons (Fsp3) is 0.909. The van der Waals surface area contributed by atoms with Crippen molar-refractivity contribution in [3.63, 3.8) is 0 Å². The SMILES string of the molecule is CCCCCCCCCCC(C(=O)NC1CCC(OC(=O)CCNC(=O)C2OC(C)(C)OCC2(C)C)CC1)C(C)C. The summed E-state index contributed by atoms with van der Waals surface area (Å²) in [4.78, 5) is 38.2. The van der Waals surface area contributed by atoms with Crippen molar-refractivity contribution in [2.24, 2.45) is 17.3 Å². The van der Waals surface area contributed by atoms with Gasteiger partial charge in [-0.2, -0.15) is 0 Å². The fourth-order valence-electron chi connectivity index (χ4n) is 5.85. The van der Waals surface area contributed by atoms with Crippen LogP contribution in [0.4, 0.5) is 0 Å². The van der Waals surface area contributed by atoms with Gasteiger partial charge in [-0.3, -0.25) is 14.4 Å². The van der Waals surface area contributed by atoms with E-state index in [2.05, 4.69) is 31.4 Å².